The van der Waals surface area contributed by atoms with Gasteiger partial charge < -0.3 is 5.32 Å². The fourth-order valence-electron chi connectivity index (χ4n) is 3.95. The average molecular weight is 367 g/mol. The number of thioether (sulfide) groups is 1. The van der Waals surface area contributed by atoms with Crippen molar-refractivity contribution in [2.75, 3.05) is 29.9 Å². The second-order valence-electron chi connectivity index (χ2n) is 7.34. The van der Waals surface area contributed by atoms with Gasteiger partial charge in [0.1, 0.15) is 0 Å². The highest BCUT2D eigenvalue weighted by Crippen LogP contribution is 2.44. The maximum atomic E-state index is 13.1. The Morgan fingerprint density at radius 2 is 1.81 bits per heavy atom. The van der Waals surface area contributed by atoms with E-state index in [2.05, 4.69) is 40.5 Å². The third-order valence-electron chi connectivity index (χ3n) is 5.66. The van der Waals surface area contributed by atoms with Crippen LogP contribution in [0.3, 0.4) is 0 Å². The van der Waals surface area contributed by atoms with Crippen molar-refractivity contribution in [3.63, 3.8) is 0 Å². The number of nitrogens with zero attached hydrogens (tertiary/aromatic N) is 1. The van der Waals surface area contributed by atoms with Crippen LogP contribution >= 0.6 is 11.8 Å². The maximum absolute atomic E-state index is 13.1. The molecule has 0 spiro atoms. The Morgan fingerprint density at radius 3 is 2.50 bits per heavy atom. The second-order valence-corrected chi connectivity index (χ2v) is 8.57. The molecule has 1 aliphatic carbocycles. The van der Waals surface area contributed by atoms with E-state index in [0.717, 1.165) is 50.1 Å². The quantitative estimate of drug-likeness (QED) is 0.856. The van der Waals surface area contributed by atoms with Crippen LogP contribution in [0, 0.1) is 0 Å². The van der Waals surface area contributed by atoms with E-state index >= 15 is 0 Å². The van der Waals surface area contributed by atoms with E-state index in [1.807, 2.05) is 36.0 Å². The molecule has 2 aliphatic rings. The second kappa shape index (κ2) is 7.85. The van der Waals surface area contributed by atoms with E-state index in [9.17, 15) is 4.79 Å². The molecule has 2 aromatic carbocycles. The van der Waals surface area contributed by atoms with Gasteiger partial charge in [-0.1, -0.05) is 48.9 Å². The summed E-state index contributed by atoms with van der Waals surface area (Å²) < 4.78 is 0. The van der Waals surface area contributed by atoms with Crippen molar-refractivity contribution in [3.8, 4) is 0 Å². The fraction of sp³-hybridized carbons (Fsp3) is 0.409. The zero-order valence-electron chi connectivity index (χ0n) is 15.1. The Kier molecular flexibility index (Phi) is 5.32. The zero-order chi connectivity index (χ0) is 17.8. The summed E-state index contributed by atoms with van der Waals surface area (Å²) in [6.45, 7) is 3.27. The molecule has 1 aliphatic heterocycles. The lowest BCUT2D eigenvalue weighted by atomic mass is 9.64. The maximum Gasteiger partial charge on any atom is 0.235 e. The van der Waals surface area contributed by atoms with Crippen LogP contribution in [0.15, 0.2) is 54.6 Å². The lowest BCUT2D eigenvalue weighted by molar-refractivity contribution is -0.124. The number of anilines is 1. The van der Waals surface area contributed by atoms with E-state index in [-0.39, 0.29) is 11.3 Å². The Balaban J connectivity index is 1.46. The molecule has 1 N–H and O–H groups in total. The number of benzene rings is 2. The molecule has 26 heavy (non-hydrogen) atoms. The van der Waals surface area contributed by atoms with Crippen LogP contribution in [0.25, 0.3) is 0 Å². The first kappa shape index (κ1) is 17.6. The normalized spacial score (nSPS) is 19.5. The summed E-state index contributed by atoms with van der Waals surface area (Å²) in [5.74, 6) is 2.58. The summed E-state index contributed by atoms with van der Waals surface area (Å²) in [7, 11) is 0. The molecule has 1 saturated heterocycles. The molecular formula is C22H26N2OS. The Bertz CT molecular complexity index is 752. The van der Waals surface area contributed by atoms with Crippen LogP contribution in [0.2, 0.25) is 0 Å². The van der Waals surface area contributed by atoms with Crippen molar-refractivity contribution in [2.45, 2.75) is 31.2 Å². The minimum atomic E-state index is -0.346. The van der Waals surface area contributed by atoms with E-state index in [1.54, 1.807) is 0 Å². The van der Waals surface area contributed by atoms with Crippen LogP contribution in [0.5, 0.6) is 0 Å². The summed E-state index contributed by atoms with van der Waals surface area (Å²) in [6.07, 6.45) is 3.00. The van der Waals surface area contributed by atoms with Gasteiger partial charge in [0.15, 0.2) is 0 Å². The molecule has 2 aromatic rings. The van der Waals surface area contributed by atoms with Crippen molar-refractivity contribution < 1.29 is 4.79 Å². The van der Waals surface area contributed by atoms with Crippen LogP contribution in [-0.4, -0.2) is 35.4 Å². The number of hydrogen-bond acceptors (Lipinski definition) is 3. The summed E-state index contributed by atoms with van der Waals surface area (Å²) in [6, 6.07) is 18.6. The average Bonchev–Trinajstić information content (AvgIpc) is 2.63. The first-order valence-corrected chi connectivity index (χ1v) is 10.7. The summed E-state index contributed by atoms with van der Waals surface area (Å²) in [4.78, 5) is 15.6. The highest BCUT2D eigenvalue weighted by atomic mass is 32.2. The molecule has 1 saturated carbocycles. The van der Waals surface area contributed by atoms with Gasteiger partial charge in [0.25, 0.3) is 0 Å². The van der Waals surface area contributed by atoms with Gasteiger partial charge in [-0.2, -0.15) is 11.8 Å². The van der Waals surface area contributed by atoms with Crippen molar-refractivity contribution in [2.24, 2.45) is 0 Å². The van der Waals surface area contributed by atoms with Crippen LogP contribution < -0.4 is 5.32 Å². The number of carbonyl (C=O) groups excluding carboxylic acids is 1. The van der Waals surface area contributed by atoms with Gasteiger partial charge in [-0.25, -0.2) is 0 Å². The summed E-state index contributed by atoms with van der Waals surface area (Å²) in [5.41, 5.74) is 2.99. The molecular weight excluding hydrogens is 340 g/mol. The molecule has 0 aromatic heterocycles. The Morgan fingerprint density at radius 1 is 1.04 bits per heavy atom. The smallest absolute Gasteiger partial charge is 0.235 e. The largest absolute Gasteiger partial charge is 0.325 e. The first-order chi connectivity index (χ1) is 12.8. The van der Waals surface area contributed by atoms with Gasteiger partial charge >= 0.3 is 0 Å². The Labute approximate surface area is 160 Å². The van der Waals surface area contributed by atoms with Crippen molar-refractivity contribution >= 4 is 23.4 Å². The number of nitrogens with one attached hydrogen (secondary N) is 1. The SMILES string of the molecule is O=C(Nc1cccc(CN2CCSCC2)c1)C1(c2ccccc2)CCC1. The predicted octanol–water partition coefficient (Wildman–Crippen LogP) is 4.30. The Hall–Kier alpha value is -1.78. The number of amides is 1. The number of rotatable bonds is 5. The molecule has 1 amide bonds. The molecule has 0 atom stereocenters. The van der Waals surface area contributed by atoms with Gasteiger partial charge in [-0.15, -0.1) is 0 Å². The number of hydrogen-bond donors (Lipinski definition) is 1. The minimum Gasteiger partial charge on any atom is -0.325 e. The standard InChI is InChI=1S/C22H26N2OS/c25-21(22(10-5-11-22)19-7-2-1-3-8-19)23-20-9-4-6-18(16-20)17-24-12-14-26-15-13-24/h1-4,6-9,16H,5,10-15,17H2,(H,23,25). The third kappa shape index (κ3) is 3.67. The van der Waals surface area contributed by atoms with Gasteiger partial charge in [-0.3, -0.25) is 9.69 Å². The van der Waals surface area contributed by atoms with Crippen molar-refractivity contribution in [3.05, 3.63) is 65.7 Å². The molecule has 0 radical (unpaired) electrons. The molecule has 3 nitrogen and oxygen atoms in total. The van der Waals surface area contributed by atoms with Crippen LogP contribution in [0.4, 0.5) is 5.69 Å². The van der Waals surface area contributed by atoms with Gasteiger partial charge in [-0.05, 0) is 36.1 Å². The highest BCUT2D eigenvalue weighted by Gasteiger charge is 2.45. The fourth-order valence-corrected chi connectivity index (χ4v) is 4.93. The van der Waals surface area contributed by atoms with Crippen LogP contribution in [-0.2, 0) is 16.8 Å². The molecule has 4 rings (SSSR count). The zero-order valence-corrected chi connectivity index (χ0v) is 15.9. The first-order valence-electron chi connectivity index (χ1n) is 9.52. The van der Waals surface area contributed by atoms with E-state index < -0.39 is 0 Å². The molecule has 136 valence electrons. The molecule has 1 heterocycles. The summed E-state index contributed by atoms with van der Waals surface area (Å²) >= 11 is 2.03. The third-order valence-corrected chi connectivity index (χ3v) is 6.61. The molecule has 2 fully saturated rings. The topological polar surface area (TPSA) is 32.3 Å². The van der Waals surface area contributed by atoms with Gasteiger partial charge in [0, 0.05) is 36.8 Å². The molecule has 0 bridgehead atoms. The van der Waals surface area contributed by atoms with Crippen LogP contribution in [0.1, 0.15) is 30.4 Å². The molecule has 4 heteroatoms. The molecule has 0 unspecified atom stereocenters. The minimum absolute atomic E-state index is 0.140. The monoisotopic (exact) mass is 366 g/mol. The summed E-state index contributed by atoms with van der Waals surface area (Å²) in [5, 5.41) is 3.20. The lowest BCUT2D eigenvalue weighted by Gasteiger charge is -2.40. The van der Waals surface area contributed by atoms with Crippen molar-refractivity contribution in [1.29, 1.82) is 0 Å². The van der Waals surface area contributed by atoms with E-state index in [0.29, 0.717) is 0 Å². The van der Waals surface area contributed by atoms with E-state index in [1.165, 1.54) is 17.1 Å². The van der Waals surface area contributed by atoms with E-state index in [4.69, 9.17) is 0 Å². The number of carbonyl (C=O) groups is 1. The van der Waals surface area contributed by atoms with Gasteiger partial charge in [0.05, 0.1) is 5.41 Å². The lowest BCUT2D eigenvalue weighted by Crippen LogP contribution is -2.46. The predicted molar refractivity (Wildman–Crippen MR) is 110 cm³/mol. The highest BCUT2D eigenvalue weighted by molar-refractivity contribution is 7.99. The van der Waals surface area contributed by atoms with Gasteiger partial charge in [0.2, 0.25) is 5.91 Å². The van der Waals surface area contributed by atoms with Crippen molar-refractivity contribution in [1.82, 2.24) is 4.90 Å².